The Hall–Kier alpha value is -1.24. The van der Waals surface area contributed by atoms with Gasteiger partial charge in [-0.05, 0) is 13.8 Å². The number of aryl methyl sites for hydroxylation is 2. The van der Waals surface area contributed by atoms with E-state index in [9.17, 15) is 0 Å². The summed E-state index contributed by atoms with van der Waals surface area (Å²) in [4.78, 5) is 4.46. The molecule has 3 N–H and O–H groups in total. The lowest BCUT2D eigenvalue weighted by molar-refractivity contribution is 0.543. The molecule has 1 unspecified atom stereocenters. The summed E-state index contributed by atoms with van der Waals surface area (Å²) in [7, 11) is 1.93. The average Bonchev–Trinajstić information content (AvgIpc) is 2.85. The van der Waals surface area contributed by atoms with Crippen molar-refractivity contribution in [3.8, 4) is 0 Å². The molecular formula is C11H17N5S. The maximum absolute atomic E-state index is 5.63. The molecule has 0 radical (unpaired) electrons. The Balaban J connectivity index is 2.19. The Morgan fingerprint density at radius 1 is 1.53 bits per heavy atom. The summed E-state index contributed by atoms with van der Waals surface area (Å²) in [5.41, 5.74) is 6.16. The maximum atomic E-state index is 5.63. The summed E-state index contributed by atoms with van der Waals surface area (Å²) >= 11 is 1.66. The molecule has 2 rings (SSSR count). The third-order valence-corrected chi connectivity index (χ3v) is 3.75. The van der Waals surface area contributed by atoms with Crippen LogP contribution >= 0.6 is 11.3 Å². The van der Waals surface area contributed by atoms with Gasteiger partial charge in [0.25, 0.3) is 0 Å². The van der Waals surface area contributed by atoms with Crippen LogP contribution in [0.15, 0.2) is 11.6 Å². The van der Waals surface area contributed by atoms with Crippen LogP contribution in [0, 0.1) is 13.8 Å². The molecule has 0 saturated carbocycles. The molecule has 1 atom stereocenters. The van der Waals surface area contributed by atoms with Gasteiger partial charge >= 0.3 is 0 Å². The molecule has 0 saturated heterocycles. The van der Waals surface area contributed by atoms with Crippen molar-refractivity contribution < 1.29 is 0 Å². The van der Waals surface area contributed by atoms with Crippen molar-refractivity contribution in [3.63, 3.8) is 0 Å². The fourth-order valence-electron chi connectivity index (χ4n) is 1.83. The second-order valence-corrected chi connectivity index (χ2v) is 5.15. The SMILES string of the molecule is Cc1nc(CC(NN)c2cnn(C)c2C)cs1. The zero-order chi connectivity index (χ0) is 12.4. The first-order valence-corrected chi connectivity index (χ1v) is 6.35. The van der Waals surface area contributed by atoms with Crippen LogP contribution in [0.25, 0.3) is 0 Å². The summed E-state index contributed by atoms with van der Waals surface area (Å²) < 4.78 is 1.85. The van der Waals surface area contributed by atoms with Crippen LogP contribution in [0.3, 0.4) is 0 Å². The van der Waals surface area contributed by atoms with Crippen LogP contribution in [-0.4, -0.2) is 14.8 Å². The van der Waals surface area contributed by atoms with Gasteiger partial charge in [-0.1, -0.05) is 0 Å². The minimum absolute atomic E-state index is 0.0604. The molecule has 92 valence electrons. The Morgan fingerprint density at radius 3 is 2.76 bits per heavy atom. The van der Waals surface area contributed by atoms with Crippen molar-refractivity contribution >= 4 is 11.3 Å². The van der Waals surface area contributed by atoms with Crippen molar-refractivity contribution in [1.29, 1.82) is 0 Å². The van der Waals surface area contributed by atoms with E-state index < -0.39 is 0 Å². The molecule has 0 aliphatic carbocycles. The van der Waals surface area contributed by atoms with Gasteiger partial charge < -0.3 is 0 Å². The highest BCUT2D eigenvalue weighted by Crippen LogP contribution is 2.21. The number of hydrazine groups is 1. The van der Waals surface area contributed by atoms with E-state index in [2.05, 4.69) is 20.9 Å². The predicted molar refractivity (Wildman–Crippen MR) is 68.6 cm³/mol. The molecular weight excluding hydrogens is 234 g/mol. The predicted octanol–water partition coefficient (Wildman–Crippen LogP) is 1.24. The standard InChI is InChI=1S/C11H17N5S/c1-7-10(5-13-16(7)3)11(15-12)4-9-6-17-8(2)14-9/h5-6,11,15H,4,12H2,1-3H3. The number of nitrogens with two attached hydrogens (primary N) is 1. The van der Waals surface area contributed by atoms with Gasteiger partial charge in [0.15, 0.2) is 0 Å². The summed E-state index contributed by atoms with van der Waals surface area (Å²) in [6.45, 7) is 4.05. The average molecular weight is 251 g/mol. The first kappa shape index (κ1) is 12.2. The number of nitrogens with zero attached hydrogens (tertiary/aromatic N) is 3. The molecule has 2 aromatic heterocycles. The summed E-state index contributed by atoms with van der Waals surface area (Å²) in [6.07, 6.45) is 2.65. The van der Waals surface area contributed by atoms with E-state index in [0.717, 1.165) is 28.4 Å². The zero-order valence-corrected chi connectivity index (χ0v) is 11.1. The van der Waals surface area contributed by atoms with Crippen molar-refractivity contribution in [2.45, 2.75) is 26.3 Å². The lowest BCUT2D eigenvalue weighted by Gasteiger charge is -2.14. The summed E-state index contributed by atoms with van der Waals surface area (Å²) in [5, 5.41) is 7.39. The highest BCUT2D eigenvalue weighted by Gasteiger charge is 2.17. The van der Waals surface area contributed by atoms with Crippen molar-refractivity contribution in [2.24, 2.45) is 12.9 Å². The molecule has 0 aromatic carbocycles. The van der Waals surface area contributed by atoms with E-state index in [1.807, 2.05) is 31.8 Å². The number of nitrogens with one attached hydrogen (secondary N) is 1. The van der Waals surface area contributed by atoms with E-state index in [1.54, 1.807) is 11.3 Å². The smallest absolute Gasteiger partial charge is 0.0897 e. The minimum Gasteiger partial charge on any atom is -0.273 e. The number of thiazole rings is 1. The minimum atomic E-state index is 0.0604. The highest BCUT2D eigenvalue weighted by atomic mass is 32.1. The van der Waals surface area contributed by atoms with Crippen LogP contribution in [-0.2, 0) is 13.5 Å². The third-order valence-electron chi connectivity index (χ3n) is 2.93. The highest BCUT2D eigenvalue weighted by molar-refractivity contribution is 7.09. The monoisotopic (exact) mass is 251 g/mol. The second kappa shape index (κ2) is 4.95. The quantitative estimate of drug-likeness (QED) is 0.633. The molecule has 17 heavy (non-hydrogen) atoms. The lowest BCUT2D eigenvalue weighted by atomic mass is 10.0. The molecule has 0 bridgehead atoms. The number of hydrogen-bond acceptors (Lipinski definition) is 5. The van der Waals surface area contributed by atoms with Crippen LogP contribution in [0.4, 0.5) is 0 Å². The van der Waals surface area contributed by atoms with Gasteiger partial charge in [-0.25, -0.2) is 4.98 Å². The molecule has 0 aliphatic heterocycles. The van der Waals surface area contributed by atoms with Gasteiger partial charge in [0.05, 0.1) is 22.9 Å². The fraction of sp³-hybridized carbons (Fsp3) is 0.455. The Labute approximate surface area is 105 Å². The molecule has 2 aromatic rings. The molecule has 5 nitrogen and oxygen atoms in total. The van der Waals surface area contributed by atoms with E-state index >= 15 is 0 Å². The molecule has 0 aliphatic rings. The van der Waals surface area contributed by atoms with Crippen LogP contribution < -0.4 is 11.3 Å². The largest absolute Gasteiger partial charge is 0.273 e. The Kier molecular flexibility index (Phi) is 3.56. The third kappa shape index (κ3) is 2.54. The lowest BCUT2D eigenvalue weighted by Crippen LogP contribution is -2.30. The van der Waals surface area contributed by atoms with Gasteiger partial charge in [-0.3, -0.25) is 16.0 Å². The second-order valence-electron chi connectivity index (χ2n) is 4.09. The van der Waals surface area contributed by atoms with Gasteiger partial charge in [-0.2, -0.15) is 5.10 Å². The maximum Gasteiger partial charge on any atom is 0.0897 e. The van der Waals surface area contributed by atoms with Crippen LogP contribution in [0.5, 0.6) is 0 Å². The van der Waals surface area contributed by atoms with Gasteiger partial charge in [0.2, 0.25) is 0 Å². The van der Waals surface area contributed by atoms with Crippen LogP contribution in [0.2, 0.25) is 0 Å². The van der Waals surface area contributed by atoms with Gasteiger partial charge in [0, 0.05) is 30.1 Å². The first-order chi connectivity index (χ1) is 8.11. The topological polar surface area (TPSA) is 68.8 Å². The molecule has 0 fully saturated rings. The summed E-state index contributed by atoms with van der Waals surface area (Å²) in [6, 6.07) is 0.0604. The van der Waals surface area contributed by atoms with Crippen molar-refractivity contribution in [3.05, 3.63) is 33.5 Å². The zero-order valence-electron chi connectivity index (χ0n) is 10.3. The fourth-order valence-corrected chi connectivity index (χ4v) is 2.45. The molecule has 6 heteroatoms. The number of aromatic nitrogens is 3. The normalized spacial score (nSPS) is 12.9. The first-order valence-electron chi connectivity index (χ1n) is 5.47. The molecule has 2 heterocycles. The number of rotatable bonds is 4. The summed E-state index contributed by atoms with van der Waals surface area (Å²) in [5.74, 6) is 5.63. The van der Waals surface area contributed by atoms with Gasteiger partial charge in [-0.15, -0.1) is 11.3 Å². The van der Waals surface area contributed by atoms with Gasteiger partial charge in [0.1, 0.15) is 0 Å². The van der Waals surface area contributed by atoms with Crippen LogP contribution in [0.1, 0.15) is 28.0 Å². The van der Waals surface area contributed by atoms with E-state index in [1.165, 1.54) is 0 Å². The van der Waals surface area contributed by atoms with E-state index in [0.29, 0.717) is 0 Å². The van der Waals surface area contributed by atoms with Crippen molar-refractivity contribution in [2.75, 3.05) is 0 Å². The molecule has 0 amide bonds. The van der Waals surface area contributed by atoms with E-state index in [4.69, 9.17) is 5.84 Å². The van der Waals surface area contributed by atoms with E-state index in [-0.39, 0.29) is 6.04 Å². The number of hydrogen-bond donors (Lipinski definition) is 2. The molecule has 0 spiro atoms. The van der Waals surface area contributed by atoms with Crippen molar-refractivity contribution in [1.82, 2.24) is 20.2 Å². The Morgan fingerprint density at radius 2 is 2.29 bits per heavy atom. The Bertz CT molecular complexity index is 502.